The van der Waals surface area contributed by atoms with Gasteiger partial charge in [-0.25, -0.2) is 9.37 Å². The predicted octanol–water partition coefficient (Wildman–Crippen LogP) is 3.26. The molecule has 1 heterocycles. The van der Waals surface area contributed by atoms with Gasteiger partial charge in [-0.3, -0.25) is 0 Å². The van der Waals surface area contributed by atoms with Crippen LogP contribution in [0.2, 0.25) is 5.02 Å². The Kier molecular flexibility index (Phi) is 4.93. The van der Waals surface area contributed by atoms with Gasteiger partial charge in [-0.15, -0.1) is 0 Å². The summed E-state index contributed by atoms with van der Waals surface area (Å²) in [5.74, 6) is -0.172. The number of pyridine rings is 1. The second-order valence-electron chi connectivity index (χ2n) is 5.58. The van der Waals surface area contributed by atoms with Gasteiger partial charge in [-0.2, -0.15) is 0 Å². The number of aromatic nitrogens is 1. The molecule has 0 aliphatic rings. The maximum absolute atomic E-state index is 13.6. The lowest BCUT2D eigenvalue weighted by molar-refractivity contribution is 0.216. The highest BCUT2D eigenvalue weighted by atomic mass is 35.5. The lowest BCUT2D eigenvalue weighted by Crippen LogP contribution is -2.41. The number of anilines is 1. The molecule has 1 aromatic rings. The Bertz CT molecular complexity index is 407. The van der Waals surface area contributed by atoms with E-state index in [0.29, 0.717) is 5.02 Å². The van der Waals surface area contributed by atoms with E-state index in [1.165, 1.54) is 12.3 Å². The van der Waals surface area contributed by atoms with E-state index in [-0.39, 0.29) is 17.3 Å². The molecule has 0 fully saturated rings. The van der Waals surface area contributed by atoms with Crippen molar-refractivity contribution in [1.29, 1.82) is 0 Å². The molecule has 0 bridgehead atoms. The van der Waals surface area contributed by atoms with E-state index in [4.69, 9.17) is 11.6 Å². The van der Waals surface area contributed by atoms with E-state index >= 15 is 0 Å². The van der Waals surface area contributed by atoms with Crippen molar-refractivity contribution in [2.75, 3.05) is 26.0 Å². The summed E-state index contributed by atoms with van der Waals surface area (Å²) in [4.78, 5) is 6.09. The monoisotopic (exact) mass is 273 g/mol. The van der Waals surface area contributed by atoms with Crippen LogP contribution in [0.3, 0.4) is 0 Å². The molecule has 0 saturated carbocycles. The van der Waals surface area contributed by atoms with Gasteiger partial charge in [0.25, 0.3) is 0 Å². The van der Waals surface area contributed by atoms with Crippen molar-refractivity contribution in [3.63, 3.8) is 0 Å². The molecule has 0 aliphatic carbocycles. The summed E-state index contributed by atoms with van der Waals surface area (Å²) in [5, 5.41) is 3.42. The van der Waals surface area contributed by atoms with E-state index in [1.807, 2.05) is 21.0 Å². The molecule has 5 heteroatoms. The highest BCUT2D eigenvalue weighted by Gasteiger charge is 2.27. The van der Waals surface area contributed by atoms with Crippen molar-refractivity contribution < 1.29 is 4.39 Å². The van der Waals surface area contributed by atoms with Gasteiger partial charge in [0, 0.05) is 18.8 Å². The third-order valence-electron chi connectivity index (χ3n) is 3.06. The maximum atomic E-state index is 13.6. The zero-order valence-corrected chi connectivity index (χ0v) is 12.3. The fourth-order valence-electron chi connectivity index (χ4n) is 1.87. The molecule has 18 heavy (non-hydrogen) atoms. The van der Waals surface area contributed by atoms with E-state index in [9.17, 15) is 4.39 Å². The minimum absolute atomic E-state index is 0.00272. The second kappa shape index (κ2) is 5.85. The molecule has 1 unspecified atom stereocenters. The minimum Gasteiger partial charge on any atom is -0.365 e. The first-order valence-electron chi connectivity index (χ1n) is 5.94. The predicted molar refractivity (Wildman–Crippen MR) is 74.6 cm³/mol. The summed E-state index contributed by atoms with van der Waals surface area (Å²) < 4.78 is 13.6. The zero-order chi connectivity index (χ0) is 13.9. The van der Waals surface area contributed by atoms with Crippen LogP contribution in [0.5, 0.6) is 0 Å². The zero-order valence-electron chi connectivity index (χ0n) is 11.6. The maximum Gasteiger partial charge on any atom is 0.166 e. The summed E-state index contributed by atoms with van der Waals surface area (Å²) in [6.45, 7) is 7.20. The van der Waals surface area contributed by atoms with Gasteiger partial charge in [0.2, 0.25) is 0 Å². The molecular weight excluding hydrogens is 253 g/mol. The lowest BCUT2D eigenvalue weighted by Gasteiger charge is -2.35. The van der Waals surface area contributed by atoms with Gasteiger partial charge in [-0.1, -0.05) is 25.4 Å². The van der Waals surface area contributed by atoms with Crippen molar-refractivity contribution in [3.05, 3.63) is 23.1 Å². The van der Waals surface area contributed by atoms with Crippen molar-refractivity contribution in [2.24, 2.45) is 5.41 Å². The first kappa shape index (κ1) is 15.2. The average Bonchev–Trinajstić information content (AvgIpc) is 2.20. The van der Waals surface area contributed by atoms with Gasteiger partial charge in [0.1, 0.15) is 0 Å². The van der Waals surface area contributed by atoms with Crippen LogP contribution < -0.4 is 5.32 Å². The van der Waals surface area contributed by atoms with Crippen LogP contribution in [-0.2, 0) is 0 Å². The Labute approximate surface area is 113 Å². The van der Waals surface area contributed by atoms with Crippen LogP contribution in [0, 0.1) is 11.2 Å². The summed E-state index contributed by atoms with van der Waals surface area (Å²) in [6, 6.07) is 1.35. The number of nitrogens with one attached hydrogen (secondary N) is 1. The number of halogens is 2. The highest BCUT2D eigenvalue weighted by molar-refractivity contribution is 6.30. The summed E-state index contributed by atoms with van der Waals surface area (Å²) in [7, 11) is 4.05. The van der Waals surface area contributed by atoms with Gasteiger partial charge < -0.3 is 10.2 Å². The molecule has 0 spiro atoms. The van der Waals surface area contributed by atoms with E-state index < -0.39 is 5.82 Å². The van der Waals surface area contributed by atoms with E-state index in [1.54, 1.807) is 0 Å². The van der Waals surface area contributed by atoms with Crippen LogP contribution in [0.15, 0.2) is 12.3 Å². The molecular formula is C13H21ClFN3. The molecule has 0 saturated heterocycles. The van der Waals surface area contributed by atoms with Gasteiger partial charge in [0.15, 0.2) is 11.6 Å². The fraction of sp³-hybridized carbons (Fsp3) is 0.615. The Morgan fingerprint density at radius 1 is 1.50 bits per heavy atom. The molecule has 0 aliphatic heterocycles. The van der Waals surface area contributed by atoms with Crippen LogP contribution in [0.1, 0.15) is 20.8 Å². The Hall–Kier alpha value is -0.870. The van der Waals surface area contributed by atoms with Crippen molar-refractivity contribution >= 4 is 17.4 Å². The molecule has 1 aromatic heterocycles. The molecule has 0 radical (unpaired) electrons. The van der Waals surface area contributed by atoms with Gasteiger partial charge in [-0.05, 0) is 32.5 Å². The number of hydrogen-bond acceptors (Lipinski definition) is 3. The highest BCUT2D eigenvalue weighted by Crippen LogP contribution is 2.25. The van der Waals surface area contributed by atoms with Crippen LogP contribution >= 0.6 is 11.6 Å². The van der Waals surface area contributed by atoms with Crippen LogP contribution in [0.4, 0.5) is 10.2 Å². The smallest absolute Gasteiger partial charge is 0.166 e. The third kappa shape index (κ3) is 4.10. The Morgan fingerprint density at radius 3 is 2.61 bits per heavy atom. The minimum atomic E-state index is -0.421. The summed E-state index contributed by atoms with van der Waals surface area (Å²) >= 11 is 5.68. The normalized spacial score (nSPS) is 13.8. The number of hydrogen-bond donors (Lipinski definition) is 1. The second-order valence-corrected chi connectivity index (χ2v) is 6.01. The molecule has 1 rings (SSSR count). The fourth-order valence-corrected chi connectivity index (χ4v) is 2.02. The molecule has 0 amide bonds. The molecule has 102 valence electrons. The van der Waals surface area contributed by atoms with Crippen molar-refractivity contribution in [1.82, 2.24) is 9.88 Å². The topological polar surface area (TPSA) is 28.2 Å². The Balaban J connectivity index is 2.77. The average molecular weight is 274 g/mol. The quantitative estimate of drug-likeness (QED) is 0.893. The standard InChI is InChI=1S/C13H21ClFN3/c1-9(13(2,3)8-18(4)5)17-12-11(15)6-10(14)7-16-12/h6-7,9H,8H2,1-5H3,(H,16,17). The molecule has 3 nitrogen and oxygen atoms in total. The van der Waals surface area contributed by atoms with E-state index in [0.717, 1.165) is 6.54 Å². The van der Waals surface area contributed by atoms with Crippen LogP contribution in [0.25, 0.3) is 0 Å². The number of rotatable bonds is 5. The third-order valence-corrected chi connectivity index (χ3v) is 3.26. The number of nitrogens with zero attached hydrogens (tertiary/aromatic N) is 2. The summed E-state index contributed by atoms with van der Waals surface area (Å²) in [6.07, 6.45) is 1.44. The Morgan fingerprint density at radius 2 is 2.11 bits per heavy atom. The molecule has 1 N–H and O–H groups in total. The van der Waals surface area contributed by atoms with Gasteiger partial charge in [0.05, 0.1) is 5.02 Å². The SMILES string of the molecule is CC(Nc1ncc(Cl)cc1F)C(C)(C)CN(C)C. The first-order valence-corrected chi connectivity index (χ1v) is 6.32. The first-order chi connectivity index (χ1) is 8.22. The largest absolute Gasteiger partial charge is 0.365 e. The van der Waals surface area contributed by atoms with E-state index in [2.05, 4.69) is 29.0 Å². The van der Waals surface area contributed by atoms with Crippen LogP contribution in [-0.4, -0.2) is 36.6 Å². The van der Waals surface area contributed by atoms with Gasteiger partial charge >= 0.3 is 0 Å². The van der Waals surface area contributed by atoms with Crippen molar-refractivity contribution in [3.8, 4) is 0 Å². The van der Waals surface area contributed by atoms with Crippen molar-refractivity contribution in [2.45, 2.75) is 26.8 Å². The lowest BCUT2D eigenvalue weighted by atomic mass is 9.85. The molecule has 1 atom stereocenters. The molecule has 0 aromatic carbocycles. The summed E-state index contributed by atoms with van der Waals surface area (Å²) in [5.41, 5.74) is -0.00272.